The van der Waals surface area contributed by atoms with Crippen LogP contribution in [-0.4, -0.2) is 55.0 Å². The van der Waals surface area contributed by atoms with Crippen LogP contribution in [0.3, 0.4) is 0 Å². The molecular formula is C28H29N7O2S. The van der Waals surface area contributed by atoms with E-state index in [4.69, 9.17) is 9.72 Å². The first kappa shape index (κ1) is 24.4. The summed E-state index contributed by atoms with van der Waals surface area (Å²) in [6.45, 7) is 3.98. The molecule has 5 heterocycles. The molecule has 9 nitrogen and oxygen atoms in total. The van der Waals surface area contributed by atoms with Crippen LogP contribution in [-0.2, 0) is 16.1 Å². The Balaban J connectivity index is 1.21. The highest BCUT2D eigenvalue weighted by Gasteiger charge is 2.24. The molecule has 1 aliphatic carbocycles. The number of fused-ring (bicyclic) bond motifs is 1. The lowest BCUT2D eigenvalue weighted by Crippen LogP contribution is -2.40. The summed E-state index contributed by atoms with van der Waals surface area (Å²) in [6.07, 6.45) is 10.2. The minimum atomic E-state index is -2.33. The molecular weight excluding hydrogens is 498 g/mol. The Hall–Kier alpha value is -3.97. The third-order valence-electron chi connectivity index (χ3n) is 7.08. The molecule has 6 rings (SSSR count). The van der Waals surface area contributed by atoms with Gasteiger partial charge in [0, 0.05) is 47.6 Å². The second kappa shape index (κ2) is 10.1. The SMILES string of the molecule is CCc1ccc(N=S2(=O)CCN(c3ccc(-c4cc(OCC5CC5)cn5ncc(C#N)c45)cn3)CC2)cn1. The normalized spacial score (nSPS) is 16.8. The zero-order chi connectivity index (χ0) is 26.1. The molecule has 0 bridgehead atoms. The van der Waals surface area contributed by atoms with Crippen LogP contribution < -0.4 is 9.64 Å². The van der Waals surface area contributed by atoms with Crippen LogP contribution in [0.2, 0.25) is 0 Å². The number of rotatable bonds is 7. The number of hydrogen-bond donors (Lipinski definition) is 0. The maximum atomic E-state index is 13.3. The molecule has 38 heavy (non-hydrogen) atoms. The number of nitriles is 1. The van der Waals surface area contributed by atoms with Gasteiger partial charge in [-0.25, -0.2) is 13.7 Å². The maximum absolute atomic E-state index is 13.3. The molecule has 1 saturated carbocycles. The molecule has 1 aliphatic heterocycles. The number of aryl methyl sites for hydroxylation is 1. The van der Waals surface area contributed by atoms with Crippen molar-refractivity contribution in [3.63, 3.8) is 0 Å². The summed E-state index contributed by atoms with van der Waals surface area (Å²) < 4.78 is 25.6. The number of anilines is 1. The van der Waals surface area contributed by atoms with Crippen LogP contribution >= 0.6 is 0 Å². The fourth-order valence-electron chi connectivity index (χ4n) is 4.62. The summed E-state index contributed by atoms with van der Waals surface area (Å²) in [7, 11) is -2.33. The average molecular weight is 528 g/mol. The molecule has 0 amide bonds. The Labute approximate surface area is 222 Å². The second-order valence-electron chi connectivity index (χ2n) is 9.83. The second-order valence-corrected chi connectivity index (χ2v) is 12.4. The lowest BCUT2D eigenvalue weighted by Gasteiger charge is -2.29. The van der Waals surface area contributed by atoms with Crippen LogP contribution in [0.15, 0.2) is 59.5 Å². The molecule has 0 atom stereocenters. The van der Waals surface area contributed by atoms with Gasteiger partial charge in [0.25, 0.3) is 0 Å². The van der Waals surface area contributed by atoms with E-state index in [0.717, 1.165) is 40.3 Å². The molecule has 2 fully saturated rings. The third kappa shape index (κ3) is 5.07. The van der Waals surface area contributed by atoms with E-state index in [9.17, 15) is 9.47 Å². The first-order chi connectivity index (χ1) is 18.5. The molecule has 0 unspecified atom stereocenters. The van der Waals surface area contributed by atoms with E-state index in [-0.39, 0.29) is 0 Å². The molecule has 10 heteroatoms. The zero-order valence-electron chi connectivity index (χ0n) is 21.3. The third-order valence-corrected chi connectivity index (χ3v) is 9.26. The first-order valence-corrected chi connectivity index (χ1v) is 14.8. The zero-order valence-corrected chi connectivity index (χ0v) is 22.1. The molecule has 194 valence electrons. The summed E-state index contributed by atoms with van der Waals surface area (Å²) in [6, 6.07) is 12.0. The summed E-state index contributed by atoms with van der Waals surface area (Å²) in [4.78, 5) is 11.2. The Morgan fingerprint density at radius 1 is 1.13 bits per heavy atom. The Morgan fingerprint density at radius 2 is 1.97 bits per heavy atom. The summed E-state index contributed by atoms with van der Waals surface area (Å²) in [5, 5.41) is 14.0. The van der Waals surface area contributed by atoms with E-state index in [0.29, 0.717) is 48.4 Å². The lowest BCUT2D eigenvalue weighted by molar-refractivity contribution is 0.298. The Kier molecular flexibility index (Phi) is 6.45. The van der Waals surface area contributed by atoms with Gasteiger partial charge in [-0.2, -0.15) is 14.7 Å². The fraction of sp³-hybridized carbons (Fsp3) is 0.357. The van der Waals surface area contributed by atoms with Crippen LogP contribution in [0.25, 0.3) is 16.6 Å². The van der Waals surface area contributed by atoms with Crippen LogP contribution in [0, 0.1) is 17.2 Å². The minimum Gasteiger partial charge on any atom is -0.492 e. The van der Waals surface area contributed by atoms with Gasteiger partial charge < -0.3 is 9.64 Å². The van der Waals surface area contributed by atoms with Gasteiger partial charge in [-0.3, -0.25) is 4.98 Å². The van der Waals surface area contributed by atoms with Gasteiger partial charge in [0.05, 0.1) is 51.7 Å². The van der Waals surface area contributed by atoms with Crippen LogP contribution in [0.1, 0.15) is 31.0 Å². The van der Waals surface area contributed by atoms with Crippen LogP contribution in [0.5, 0.6) is 5.75 Å². The van der Waals surface area contributed by atoms with Gasteiger partial charge in [0.1, 0.15) is 17.6 Å². The van der Waals surface area contributed by atoms with Gasteiger partial charge in [-0.1, -0.05) is 6.92 Å². The van der Waals surface area contributed by atoms with Gasteiger partial charge in [0.15, 0.2) is 0 Å². The molecule has 0 radical (unpaired) electrons. The van der Waals surface area contributed by atoms with E-state index in [1.54, 1.807) is 16.9 Å². The van der Waals surface area contributed by atoms with Crippen molar-refractivity contribution in [1.82, 2.24) is 19.6 Å². The van der Waals surface area contributed by atoms with E-state index in [1.165, 1.54) is 12.8 Å². The maximum Gasteiger partial charge on any atom is 0.138 e. The predicted octanol–water partition coefficient (Wildman–Crippen LogP) is 4.63. The van der Waals surface area contributed by atoms with Crippen molar-refractivity contribution in [1.29, 1.82) is 5.26 Å². The average Bonchev–Trinajstić information content (AvgIpc) is 3.69. The smallest absolute Gasteiger partial charge is 0.138 e. The quantitative estimate of drug-likeness (QED) is 0.345. The van der Waals surface area contributed by atoms with Crippen molar-refractivity contribution in [2.45, 2.75) is 26.2 Å². The number of pyridine rings is 3. The number of ether oxygens (including phenoxy) is 1. The van der Waals surface area contributed by atoms with E-state index in [2.05, 4.69) is 32.3 Å². The number of aromatic nitrogens is 4. The molecule has 1 saturated heterocycles. The highest BCUT2D eigenvalue weighted by molar-refractivity contribution is 7.93. The standard InChI is InChI=1S/C28H29N7O2S/c1-2-23-6-7-24(17-30-23)33-38(36)11-9-34(10-12-38)27-8-5-21(15-31-27)26-13-25(37-19-20-3-4-20)18-35-28(26)22(14-29)16-32-35/h5-8,13,15-18,20H,2-4,9-12,19H2,1H3. The van der Waals surface area contributed by atoms with Crippen LogP contribution in [0.4, 0.5) is 11.5 Å². The molecule has 2 aliphatic rings. The molecule has 0 aromatic carbocycles. The van der Waals surface area contributed by atoms with E-state index in [1.807, 2.05) is 42.7 Å². The number of hydrogen-bond acceptors (Lipinski definition) is 8. The highest BCUT2D eigenvalue weighted by atomic mass is 32.2. The van der Waals surface area contributed by atoms with Gasteiger partial charge in [-0.15, -0.1) is 0 Å². The van der Waals surface area contributed by atoms with Crippen molar-refractivity contribution < 1.29 is 8.95 Å². The monoisotopic (exact) mass is 527 g/mol. The summed E-state index contributed by atoms with van der Waals surface area (Å²) in [5.41, 5.74) is 4.66. The van der Waals surface area contributed by atoms with Crippen molar-refractivity contribution in [2.24, 2.45) is 10.3 Å². The van der Waals surface area contributed by atoms with Gasteiger partial charge in [0.2, 0.25) is 0 Å². The summed E-state index contributed by atoms with van der Waals surface area (Å²) >= 11 is 0. The molecule has 0 N–H and O–H groups in total. The molecule has 0 spiro atoms. The highest BCUT2D eigenvalue weighted by Crippen LogP contribution is 2.33. The predicted molar refractivity (Wildman–Crippen MR) is 147 cm³/mol. The van der Waals surface area contributed by atoms with Crippen molar-refractivity contribution in [3.05, 3.63) is 66.4 Å². The van der Waals surface area contributed by atoms with E-state index < -0.39 is 9.73 Å². The van der Waals surface area contributed by atoms with Crippen molar-refractivity contribution in [3.8, 4) is 22.9 Å². The number of nitrogens with zero attached hydrogens (tertiary/aromatic N) is 7. The topological polar surface area (TPSA) is 109 Å². The Bertz CT molecular complexity index is 1610. The van der Waals surface area contributed by atoms with Gasteiger partial charge >= 0.3 is 0 Å². The molecule has 4 aromatic rings. The van der Waals surface area contributed by atoms with E-state index >= 15 is 0 Å². The van der Waals surface area contributed by atoms with Gasteiger partial charge in [-0.05, 0) is 55.5 Å². The lowest BCUT2D eigenvalue weighted by atomic mass is 10.1. The largest absolute Gasteiger partial charge is 0.492 e. The molecule has 4 aromatic heterocycles. The first-order valence-electron chi connectivity index (χ1n) is 13.0. The Morgan fingerprint density at radius 3 is 2.63 bits per heavy atom. The fourth-order valence-corrected chi connectivity index (χ4v) is 6.51. The minimum absolute atomic E-state index is 0.480. The summed E-state index contributed by atoms with van der Waals surface area (Å²) in [5.74, 6) is 3.15. The van der Waals surface area contributed by atoms with Crippen molar-refractivity contribution >= 4 is 26.8 Å². The van der Waals surface area contributed by atoms with Crippen molar-refractivity contribution in [2.75, 3.05) is 36.1 Å².